The van der Waals surface area contributed by atoms with Crippen molar-refractivity contribution in [3.05, 3.63) is 35.9 Å². The van der Waals surface area contributed by atoms with Crippen molar-refractivity contribution in [3.63, 3.8) is 0 Å². The van der Waals surface area contributed by atoms with Gasteiger partial charge in [-0.25, -0.2) is 0 Å². The highest BCUT2D eigenvalue weighted by Crippen LogP contribution is 2.41. The van der Waals surface area contributed by atoms with Crippen LogP contribution in [0.25, 0.3) is 0 Å². The molecular weight excluding hydrogens is 250 g/mol. The molecule has 3 heteroatoms. The number of carbonyl (C=O) groups excluding carboxylic acids is 1. The number of nitrogens with one attached hydrogen (secondary N) is 1. The average Bonchev–Trinajstić information content (AvgIpc) is 2.94. The smallest absolute Gasteiger partial charge is 0.230 e. The molecule has 2 fully saturated rings. The van der Waals surface area contributed by atoms with E-state index in [0.717, 1.165) is 45.4 Å². The van der Waals surface area contributed by atoms with Crippen LogP contribution in [0, 0.1) is 5.41 Å². The van der Waals surface area contributed by atoms with Crippen LogP contribution in [-0.4, -0.2) is 25.7 Å². The normalized spacial score (nSPS) is 23.1. The predicted molar refractivity (Wildman–Crippen MR) is 78.5 cm³/mol. The van der Waals surface area contributed by atoms with Crippen LogP contribution in [0.4, 0.5) is 0 Å². The molecule has 1 aromatic carbocycles. The maximum absolute atomic E-state index is 12.8. The Morgan fingerprint density at radius 3 is 2.40 bits per heavy atom. The molecule has 108 valence electrons. The molecule has 1 heterocycles. The number of ether oxygens (including phenoxy) is 1. The summed E-state index contributed by atoms with van der Waals surface area (Å²) in [4.78, 5) is 12.8. The molecule has 0 aromatic heterocycles. The van der Waals surface area contributed by atoms with E-state index in [1.165, 1.54) is 5.56 Å². The van der Waals surface area contributed by atoms with E-state index in [1.807, 2.05) is 18.2 Å². The quantitative estimate of drug-likeness (QED) is 0.916. The lowest BCUT2D eigenvalue weighted by Gasteiger charge is -2.39. The Morgan fingerprint density at radius 1 is 1.20 bits per heavy atom. The molecule has 0 bridgehead atoms. The zero-order valence-electron chi connectivity index (χ0n) is 12.2. The summed E-state index contributed by atoms with van der Waals surface area (Å²) in [6, 6.07) is 10.3. The summed E-state index contributed by atoms with van der Waals surface area (Å²) in [6.07, 6.45) is 4.22. The fourth-order valence-corrected chi connectivity index (χ4v) is 3.40. The minimum atomic E-state index is -0.303. The van der Waals surface area contributed by atoms with Gasteiger partial charge in [0.1, 0.15) is 0 Å². The number of benzene rings is 1. The molecule has 1 amide bonds. The summed E-state index contributed by atoms with van der Waals surface area (Å²) in [5.74, 6) is 0.203. The fraction of sp³-hybridized carbons (Fsp3) is 0.588. The molecule has 0 unspecified atom stereocenters. The monoisotopic (exact) mass is 273 g/mol. The fourth-order valence-electron chi connectivity index (χ4n) is 3.40. The maximum Gasteiger partial charge on any atom is 0.230 e. The molecular formula is C17H23NO2. The van der Waals surface area contributed by atoms with Gasteiger partial charge in [0, 0.05) is 12.0 Å². The third-order valence-corrected chi connectivity index (χ3v) is 4.79. The van der Waals surface area contributed by atoms with Crippen LogP contribution >= 0.6 is 0 Å². The van der Waals surface area contributed by atoms with E-state index in [2.05, 4.69) is 24.4 Å². The second kappa shape index (κ2) is 5.21. The van der Waals surface area contributed by atoms with Gasteiger partial charge in [0.15, 0.2) is 0 Å². The molecule has 0 radical (unpaired) electrons. The zero-order valence-corrected chi connectivity index (χ0v) is 12.2. The van der Waals surface area contributed by atoms with Crippen LogP contribution < -0.4 is 5.32 Å². The number of hydrogen-bond donors (Lipinski definition) is 1. The lowest BCUT2D eigenvalue weighted by Crippen LogP contribution is -2.52. The molecule has 1 aliphatic carbocycles. The van der Waals surface area contributed by atoms with Crippen molar-refractivity contribution in [3.8, 4) is 0 Å². The van der Waals surface area contributed by atoms with Crippen LogP contribution in [-0.2, 0) is 14.9 Å². The van der Waals surface area contributed by atoms with Crippen LogP contribution in [0.2, 0.25) is 0 Å². The Bertz CT molecular complexity index is 473. The van der Waals surface area contributed by atoms with E-state index in [0.29, 0.717) is 0 Å². The van der Waals surface area contributed by atoms with Gasteiger partial charge in [-0.1, -0.05) is 50.1 Å². The lowest BCUT2D eigenvalue weighted by atomic mass is 9.77. The van der Waals surface area contributed by atoms with Gasteiger partial charge in [-0.05, 0) is 18.4 Å². The summed E-state index contributed by atoms with van der Waals surface area (Å²) in [6.45, 7) is 4.40. The molecule has 20 heavy (non-hydrogen) atoms. The first kappa shape index (κ1) is 13.6. The summed E-state index contributed by atoms with van der Waals surface area (Å²) in [5.41, 5.74) is 0.999. The Balaban J connectivity index is 1.75. The highest BCUT2D eigenvalue weighted by Gasteiger charge is 2.43. The zero-order chi connectivity index (χ0) is 14.1. The van der Waals surface area contributed by atoms with Gasteiger partial charge in [0.25, 0.3) is 0 Å². The van der Waals surface area contributed by atoms with Gasteiger partial charge < -0.3 is 10.1 Å². The van der Waals surface area contributed by atoms with Gasteiger partial charge in [0.05, 0.1) is 18.6 Å². The minimum absolute atomic E-state index is 0.131. The van der Waals surface area contributed by atoms with E-state index in [4.69, 9.17) is 4.74 Å². The third kappa shape index (κ3) is 2.35. The van der Waals surface area contributed by atoms with Gasteiger partial charge in [0.2, 0.25) is 5.91 Å². The molecule has 3 rings (SSSR count). The van der Waals surface area contributed by atoms with Crippen molar-refractivity contribution >= 4 is 5.91 Å². The molecule has 1 saturated carbocycles. The standard InChI is InChI=1S/C17H23NO2/c1-16(12-20-13-16)11-18-15(19)17(9-5-6-10-17)14-7-3-2-4-8-14/h2-4,7-8H,5-6,9-13H2,1H3,(H,18,19). The molecule has 2 aliphatic rings. The predicted octanol–water partition coefficient (Wildman–Crippen LogP) is 2.65. The topological polar surface area (TPSA) is 38.3 Å². The largest absolute Gasteiger partial charge is 0.380 e. The first-order chi connectivity index (χ1) is 9.65. The Kier molecular flexibility index (Phi) is 3.55. The molecule has 1 aliphatic heterocycles. The van der Waals surface area contributed by atoms with Crippen molar-refractivity contribution in [2.24, 2.45) is 5.41 Å². The molecule has 1 saturated heterocycles. The molecule has 3 nitrogen and oxygen atoms in total. The molecule has 1 N–H and O–H groups in total. The number of carbonyl (C=O) groups is 1. The second-order valence-electron chi connectivity index (χ2n) is 6.64. The Morgan fingerprint density at radius 2 is 1.85 bits per heavy atom. The lowest BCUT2D eigenvalue weighted by molar-refractivity contribution is -0.131. The van der Waals surface area contributed by atoms with E-state index >= 15 is 0 Å². The first-order valence-electron chi connectivity index (χ1n) is 7.56. The highest BCUT2D eigenvalue weighted by atomic mass is 16.5. The third-order valence-electron chi connectivity index (χ3n) is 4.79. The van der Waals surface area contributed by atoms with Crippen molar-refractivity contribution in [1.82, 2.24) is 5.32 Å². The van der Waals surface area contributed by atoms with Crippen LogP contribution in [0.1, 0.15) is 38.2 Å². The SMILES string of the molecule is CC1(CNC(=O)C2(c3ccccc3)CCCC2)COC1. The van der Waals surface area contributed by atoms with Gasteiger partial charge >= 0.3 is 0 Å². The van der Waals surface area contributed by atoms with Crippen LogP contribution in [0.15, 0.2) is 30.3 Å². The van der Waals surface area contributed by atoms with Crippen LogP contribution in [0.3, 0.4) is 0 Å². The summed E-state index contributed by atoms with van der Waals surface area (Å²) in [7, 11) is 0. The summed E-state index contributed by atoms with van der Waals surface area (Å²) >= 11 is 0. The van der Waals surface area contributed by atoms with E-state index in [9.17, 15) is 4.79 Å². The molecule has 0 spiro atoms. The van der Waals surface area contributed by atoms with E-state index in [-0.39, 0.29) is 16.7 Å². The average molecular weight is 273 g/mol. The Labute approximate surface area is 120 Å². The van der Waals surface area contributed by atoms with Gasteiger partial charge in [-0.2, -0.15) is 0 Å². The number of hydrogen-bond acceptors (Lipinski definition) is 2. The minimum Gasteiger partial charge on any atom is -0.380 e. The molecule has 1 aromatic rings. The van der Waals surface area contributed by atoms with Gasteiger partial charge in [-0.3, -0.25) is 4.79 Å². The Hall–Kier alpha value is -1.35. The maximum atomic E-state index is 12.8. The highest BCUT2D eigenvalue weighted by molar-refractivity contribution is 5.88. The van der Waals surface area contributed by atoms with Crippen molar-refractivity contribution in [2.75, 3.05) is 19.8 Å². The van der Waals surface area contributed by atoms with E-state index < -0.39 is 0 Å². The first-order valence-corrected chi connectivity index (χ1v) is 7.56. The molecule has 0 atom stereocenters. The second-order valence-corrected chi connectivity index (χ2v) is 6.64. The number of rotatable bonds is 4. The van der Waals surface area contributed by atoms with Gasteiger partial charge in [-0.15, -0.1) is 0 Å². The van der Waals surface area contributed by atoms with E-state index in [1.54, 1.807) is 0 Å². The van der Waals surface area contributed by atoms with Crippen molar-refractivity contribution in [2.45, 2.75) is 38.0 Å². The number of amides is 1. The van der Waals surface area contributed by atoms with Crippen molar-refractivity contribution < 1.29 is 9.53 Å². The summed E-state index contributed by atoms with van der Waals surface area (Å²) < 4.78 is 5.25. The van der Waals surface area contributed by atoms with Crippen LogP contribution in [0.5, 0.6) is 0 Å². The summed E-state index contributed by atoms with van der Waals surface area (Å²) in [5, 5.41) is 3.19. The van der Waals surface area contributed by atoms with Crippen molar-refractivity contribution in [1.29, 1.82) is 0 Å².